The second-order valence-electron chi connectivity index (χ2n) is 8.38. The van der Waals surface area contributed by atoms with Crippen LogP contribution in [0.5, 0.6) is 0 Å². The molecule has 8 heteroatoms. The Labute approximate surface area is 206 Å². The fourth-order valence-corrected chi connectivity index (χ4v) is 4.80. The molecule has 1 aromatic heterocycles. The van der Waals surface area contributed by atoms with E-state index in [1.807, 2.05) is 90.6 Å². The van der Waals surface area contributed by atoms with Gasteiger partial charge in [-0.3, -0.25) is 13.8 Å². The third-order valence-electron chi connectivity index (χ3n) is 5.62. The average Bonchev–Trinajstić information content (AvgIpc) is 3.25. The summed E-state index contributed by atoms with van der Waals surface area (Å²) in [5.41, 5.74) is 4.96. The lowest BCUT2D eigenvalue weighted by atomic mass is 10.1. The van der Waals surface area contributed by atoms with Crippen LogP contribution in [0.1, 0.15) is 16.7 Å². The highest BCUT2D eigenvalue weighted by molar-refractivity contribution is 7.92. The van der Waals surface area contributed by atoms with Gasteiger partial charge in [0, 0.05) is 23.9 Å². The summed E-state index contributed by atoms with van der Waals surface area (Å²) in [7, 11) is -3.64. The zero-order chi connectivity index (χ0) is 24.8. The molecule has 1 amide bonds. The van der Waals surface area contributed by atoms with Crippen molar-refractivity contribution in [2.24, 2.45) is 0 Å². The van der Waals surface area contributed by atoms with Gasteiger partial charge < -0.3 is 5.32 Å². The first-order valence-corrected chi connectivity index (χ1v) is 13.1. The summed E-state index contributed by atoms with van der Waals surface area (Å²) >= 11 is 0. The second-order valence-corrected chi connectivity index (χ2v) is 10.3. The van der Waals surface area contributed by atoms with Gasteiger partial charge in [-0.15, -0.1) is 0 Å². The number of carbonyl (C=O) groups is 1. The molecule has 0 spiro atoms. The molecule has 0 aliphatic rings. The Kier molecular flexibility index (Phi) is 7.31. The van der Waals surface area contributed by atoms with Crippen LogP contribution in [0.2, 0.25) is 0 Å². The van der Waals surface area contributed by atoms with Gasteiger partial charge in [-0.25, -0.2) is 8.42 Å². The minimum atomic E-state index is -3.64. The number of nitrogens with zero attached hydrogens (tertiary/aromatic N) is 3. The normalized spacial score (nSPS) is 11.3. The number of aryl methyl sites for hydroxylation is 1. The largest absolute Gasteiger partial charge is 0.350 e. The van der Waals surface area contributed by atoms with Gasteiger partial charge in [0.1, 0.15) is 6.54 Å². The summed E-state index contributed by atoms with van der Waals surface area (Å²) in [4.78, 5) is 12.9. The highest BCUT2D eigenvalue weighted by atomic mass is 32.2. The molecule has 1 heterocycles. The van der Waals surface area contributed by atoms with Gasteiger partial charge in [-0.05, 0) is 24.1 Å². The number of para-hydroxylation sites is 1. The molecule has 35 heavy (non-hydrogen) atoms. The van der Waals surface area contributed by atoms with Crippen LogP contribution in [-0.2, 0) is 27.9 Å². The van der Waals surface area contributed by atoms with E-state index in [9.17, 15) is 13.2 Å². The summed E-state index contributed by atoms with van der Waals surface area (Å²) in [6, 6.07) is 26.9. The van der Waals surface area contributed by atoms with E-state index >= 15 is 0 Å². The smallest absolute Gasteiger partial charge is 0.241 e. The van der Waals surface area contributed by atoms with Crippen molar-refractivity contribution in [3.63, 3.8) is 0 Å². The van der Waals surface area contributed by atoms with E-state index in [4.69, 9.17) is 5.10 Å². The summed E-state index contributed by atoms with van der Waals surface area (Å²) < 4.78 is 27.9. The first-order chi connectivity index (χ1) is 16.8. The Bertz CT molecular complexity index is 1400. The third-order valence-corrected chi connectivity index (χ3v) is 6.75. The Morgan fingerprint density at radius 3 is 2.23 bits per heavy atom. The Hall–Kier alpha value is -3.91. The van der Waals surface area contributed by atoms with E-state index in [0.717, 1.165) is 38.5 Å². The van der Waals surface area contributed by atoms with Crippen LogP contribution in [0.15, 0.2) is 91.1 Å². The molecule has 0 aliphatic carbocycles. The van der Waals surface area contributed by atoms with Crippen LogP contribution >= 0.6 is 0 Å². The number of sulfonamides is 1. The molecule has 0 saturated heterocycles. The number of aromatic nitrogens is 2. The van der Waals surface area contributed by atoms with Crippen molar-refractivity contribution in [1.29, 1.82) is 0 Å². The Morgan fingerprint density at radius 1 is 0.943 bits per heavy atom. The monoisotopic (exact) mass is 488 g/mol. The van der Waals surface area contributed by atoms with Crippen molar-refractivity contribution in [2.45, 2.75) is 20.0 Å². The van der Waals surface area contributed by atoms with E-state index in [-0.39, 0.29) is 13.1 Å². The molecule has 0 radical (unpaired) electrons. The SMILES string of the molecule is Cc1ccccc1N(CC(=O)NCc1cn(Cc2ccccc2)nc1-c1ccccc1)S(C)(=O)=O. The number of hydrogen-bond acceptors (Lipinski definition) is 4. The lowest BCUT2D eigenvalue weighted by molar-refractivity contribution is -0.119. The molecule has 4 rings (SSSR count). The molecule has 7 nitrogen and oxygen atoms in total. The van der Waals surface area contributed by atoms with Crippen LogP contribution in [0.3, 0.4) is 0 Å². The molecule has 4 aromatic rings. The standard InChI is InChI=1S/C27H28N4O3S/c1-21-11-9-10-16-25(21)31(35(2,33)34)20-26(32)28-17-24-19-30(18-22-12-5-3-6-13-22)29-27(24)23-14-7-4-8-15-23/h3-16,19H,17-18,20H2,1-2H3,(H,28,32). The fourth-order valence-electron chi connectivity index (χ4n) is 3.89. The van der Waals surface area contributed by atoms with Crippen LogP contribution in [0.25, 0.3) is 11.3 Å². The number of benzene rings is 3. The molecule has 3 aromatic carbocycles. The van der Waals surface area contributed by atoms with Crippen LogP contribution in [0.4, 0.5) is 5.69 Å². The molecule has 0 fully saturated rings. The number of nitrogens with one attached hydrogen (secondary N) is 1. The number of amides is 1. The number of hydrogen-bond donors (Lipinski definition) is 1. The van der Waals surface area contributed by atoms with Gasteiger partial charge in [-0.2, -0.15) is 5.10 Å². The second kappa shape index (κ2) is 10.6. The van der Waals surface area contributed by atoms with Crippen molar-refractivity contribution < 1.29 is 13.2 Å². The zero-order valence-electron chi connectivity index (χ0n) is 19.8. The Balaban J connectivity index is 1.54. The van der Waals surface area contributed by atoms with Crippen molar-refractivity contribution in [2.75, 3.05) is 17.1 Å². The maximum absolute atomic E-state index is 12.9. The third kappa shape index (κ3) is 6.16. The summed E-state index contributed by atoms with van der Waals surface area (Å²) in [6.07, 6.45) is 3.03. The molecule has 0 bridgehead atoms. The van der Waals surface area contributed by atoms with Gasteiger partial charge >= 0.3 is 0 Å². The van der Waals surface area contributed by atoms with Crippen LogP contribution < -0.4 is 9.62 Å². The predicted octanol–water partition coefficient (Wildman–Crippen LogP) is 3.99. The number of anilines is 1. The molecule has 0 atom stereocenters. The van der Waals surface area contributed by atoms with Crippen LogP contribution in [0, 0.1) is 6.92 Å². The predicted molar refractivity (Wildman–Crippen MR) is 138 cm³/mol. The molecular weight excluding hydrogens is 460 g/mol. The van der Waals surface area contributed by atoms with Gasteiger partial charge in [0.05, 0.1) is 24.2 Å². The molecule has 0 aliphatic heterocycles. The quantitative estimate of drug-likeness (QED) is 0.386. The fraction of sp³-hybridized carbons (Fsp3) is 0.185. The van der Waals surface area contributed by atoms with E-state index in [0.29, 0.717) is 12.2 Å². The van der Waals surface area contributed by atoms with E-state index < -0.39 is 15.9 Å². The molecule has 180 valence electrons. The first kappa shape index (κ1) is 24.2. The first-order valence-electron chi connectivity index (χ1n) is 11.3. The maximum atomic E-state index is 12.9. The molecule has 1 N–H and O–H groups in total. The van der Waals surface area contributed by atoms with E-state index in [2.05, 4.69) is 5.32 Å². The minimum Gasteiger partial charge on any atom is -0.350 e. The number of carbonyl (C=O) groups excluding carboxylic acids is 1. The van der Waals surface area contributed by atoms with Crippen molar-refractivity contribution in [3.05, 3.63) is 108 Å². The van der Waals surface area contributed by atoms with Gasteiger partial charge in [0.15, 0.2) is 0 Å². The van der Waals surface area contributed by atoms with Crippen molar-refractivity contribution in [1.82, 2.24) is 15.1 Å². The maximum Gasteiger partial charge on any atom is 0.241 e. The molecule has 0 saturated carbocycles. The van der Waals surface area contributed by atoms with E-state index in [1.54, 1.807) is 12.1 Å². The van der Waals surface area contributed by atoms with Gasteiger partial charge in [0.2, 0.25) is 15.9 Å². The molecular formula is C27H28N4O3S. The lowest BCUT2D eigenvalue weighted by Gasteiger charge is -2.23. The summed E-state index contributed by atoms with van der Waals surface area (Å²) in [5, 5.41) is 7.65. The minimum absolute atomic E-state index is 0.225. The van der Waals surface area contributed by atoms with Gasteiger partial charge in [0.25, 0.3) is 0 Å². The summed E-state index contributed by atoms with van der Waals surface area (Å²) in [5.74, 6) is -0.395. The zero-order valence-corrected chi connectivity index (χ0v) is 20.6. The topological polar surface area (TPSA) is 84.3 Å². The Morgan fingerprint density at radius 2 is 1.57 bits per heavy atom. The van der Waals surface area contributed by atoms with Gasteiger partial charge in [-0.1, -0.05) is 78.9 Å². The van der Waals surface area contributed by atoms with E-state index in [1.165, 1.54) is 0 Å². The number of rotatable bonds is 9. The average molecular weight is 489 g/mol. The van der Waals surface area contributed by atoms with Crippen LogP contribution in [-0.4, -0.2) is 36.9 Å². The highest BCUT2D eigenvalue weighted by Gasteiger charge is 2.22. The lowest BCUT2D eigenvalue weighted by Crippen LogP contribution is -2.40. The van der Waals surface area contributed by atoms with Crippen molar-refractivity contribution in [3.8, 4) is 11.3 Å². The highest BCUT2D eigenvalue weighted by Crippen LogP contribution is 2.23. The van der Waals surface area contributed by atoms with Crippen molar-refractivity contribution >= 4 is 21.6 Å². The summed E-state index contributed by atoms with van der Waals surface area (Å²) in [6.45, 7) is 2.34. The molecule has 0 unspecified atom stereocenters.